The number of hydrogen-bond acceptors (Lipinski definition) is 3. The molecule has 0 unspecified atom stereocenters. The van der Waals surface area contributed by atoms with E-state index in [2.05, 4.69) is 12.2 Å². The second kappa shape index (κ2) is 18.7. The topological polar surface area (TPSA) is 51.4 Å². The number of amides is 1. The zero-order chi connectivity index (χ0) is 25.8. The van der Waals surface area contributed by atoms with Crippen molar-refractivity contribution in [2.75, 3.05) is 13.7 Å². The van der Waals surface area contributed by atoms with E-state index in [9.17, 15) is 4.79 Å². The summed E-state index contributed by atoms with van der Waals surface area (Å²) in [6.07, 6.45) is 20.8. The van der Waals surface area contributed by atoms with Crippen LogP contribution in [0.4, 0.5) is 0 Å². The van der Waals surface area contributed by atoms with Gasteiger partial charge in [-0.25, -0.2) is 4.57 Å². The number of aromatic nitrogens is 1. The minimum atomic E-state index is -0.158. The molecule has 1 aromatic heterocycles. The second-order valence-corrected chi connectivity index (χ2v) is 9.79. The average Bonchev–Trinajstić information content (AvgIpc) is 2.90. The Bertz CT molecular complexity index is 869. The van der Waals surface area contributed by atoms with Crippen LogP contribution in [0, 0.1) is 0 Å². The first-order valence-electron chi connectivity index (χ1n) is 14.2. The van der Waals surface area contributed by atoms with Crippen molar-refractivity contribution in [3.05, 3.63) is 53.9 Å². The Balaban J connectivity index is 1.56. The molecule has 0 saturated carbocycles. The maximum absolute atomic E-state index is 12.7. The number of rotatable bonds is 20. The molecule has 1 amide bonds. The average molecular weight is 498 g/mol. The molecule has 1 N–H and O–H groups in total. The molecule has 0 aliphatic heterocycles. The summed E-state index contributed by atoms with van der Waals surface area (Å²) in [5, 5.41) is 2.97. The molecule has 2 aromatic rings. The Morgan fingerprint density at radius 3 is 2.03 bits per heavy atom. The number of ether oxygens (including phenoxy) is 2. The first-order valence-corrected chi connectivity index (χ1v) is 14.2. The minimum Gasteiger partial charge on any atom is -0.496 e. The molecule has 36 heavy (non-hydrogen) atoms. The standard InChI is InChI=1S/C31H48N2O3/c1-4-5-6-7-8-9-10-11-12-13-14-15-16-19-24-36-28-21-22-29(30(25-28)35-3)31(34)32-26-27-20-17-18-23-33(27)2/h17-18,20-23,25H,4-16,19,24,26H2,1-3H3/p+1. The first kappa shape index (κ1) is 29.7. The van der Waals surface area contributed by atoms with Crippen LogP contribution in [0.15, 0.2) is 42.6 Å². The van der Waals surface area contributed by atoms with E-state index < -0.39 is 0 Å². The highest BCUT2D eigenvalue weighted by molar-refractivity contribution is 5.97. The summed E-state index contributed by atoms with van der Waals surface area (Å²) in [5.41, 5.74) is 1.54. The minimum absolute atomic E-state index is 0.158. The van der Waals surface area contributed by atoms with E-state index in [0.717, 1.165) is 17.9 Å². The third kappa shape index (κ3) is 11.9. The van der Waals surface area contributed by atoms with Crippen molar-refractivity contribution in [2.24, 2.45) is 7.05 Å². The van der Waals surface area contributed by atoms with Crippen LogP contribution < -0.4 is 19.4 Å². The van der Waals surface area contributed by atoms with E-state index in [1.54, 1.807) is 19.2 Å². The molecule has 2 rings (SSSR count). The molecular weight excluding hydrogens is 448 g/mol. The fourth-order valence-electron chi connectivity index (χ4n) is 4.44. The molecule has 200 valence electrons. The van der Waals surface area contributed by atoms with Gasteiger partial charge in [0, 0.05) is 18.2 Å². The van der Waals surface area contributed by atoms with Gasteiger partial charge in [0.25, 0.3) is 5.91 Å². The van der Waals surface area contributed by atoms with Gasteiger partial charge in [0.05, 0.1) is 19.3 Å². The number of aryl methyl sites for hydroxylation is 1. The second-order valence-electron chi connectivity index (χ2n) is 9.79. The summed E-state index contributed by atoms with van der Waals surface area (Å²) >= 11 is 0. The van der Waals surface area contributed by atoms with Crippen molar-refractivity contribution in [1.29, 1.82) is 0 Å². The number of unbranched alkanes of at least 4 members (excludes halogenated alkanes) is 13. The highest BCUT2D eigenvalue weighted by Crippen LogP contribution is 2.25. The maximum Gasteiger partial charge on any atom is 0.255 e. The van der Waals surface area contributed by atoms with Gasteiger partial charge in [0.2, 0.25) is 0 Å². The molecule has 0 fully saturated rings. The number of nitrogens with one attached hydrogen (secondary N) is 1. The number of carbonyl (C=O) groups is 1. The van der Waals surface area contributed by atoms with Gasteiger partial charge >= 0.3 is 0 Å². The SMILES string of the molecule is CCCCCCCCCCCCCCCCOc1ccc(C(=O)NCc2cccc[n+]2C)c(OC)c1. The molecule has 0 bridgehead atoms. The number of nitrogens with zero attached hydrogens (tertiary/aromatic N) is 1. The molecule has 5 heteroatoms. The zero-order valence-electron chi connectivity index (χ0n) is 23.0. The summed E-state index contributed by atoms with van der Waals surface area (Å²) < 4.78 is 13.4. The van der Waals surface area contributed by atoms with Crippen LogP contribution >= 0.6 is 0 Å². The largest absolute Gasteiger partial charge is 0.496 e. The van der Waals surface area contributed by atoms with Crippen molar-refractivity contribution in [3.63, 3.8) is 0 Å². The number of pyridine rings is 1. The lowest BCUT2D eigenvalue weighted by Gasteiger charge is -2.12. The van der Waals surface area contributed by atoms with Gasteiger partial charge in [-0.1, -0.05) is 96.5 Å². The fourth-order valence-corrected chi connectivity index (χ4v) is 4.44. The van der Waals surface area contributed by atoms with Crippen LogP contribution in [0.2, 0.25) is 0 Å². The molecule has 1 heterocycles. The predicted molar refractivity (Wildman–Crippen MR) is 148 cm³/mol. The molecule has 0 spiro atoms. The number of methoxy groups -OCH3 is 1. The van der Waals surface area contributed by atoms with E-state index in [4.69, 9.17) is 9.47 Å². The Morgan fingerprint density at radius 2 is 1.44 bits per heavy atom. The first-order chi connectivity index (χ1) is 17.7. The summed E-state index contributed by atoms with van der Waals surface area (Å²) in [4.78, 5) is 12.7. The van der Waals surface area contributed by atoms with Crippen molar-refractivity contribution in [2.45, 2.75) is 103 Å². The highest BCUT2D eigenvalue weighted by atomic mass is 16.5. The normalized spacial score (nSPS) is 10.9. The lowest BCUT2D eigenvalue weighted by Crippen LogP contribution is -2.37. The molecule has 5 nitrogen and oxygen atoms in total. The van der Waals surface area contributed by atoms with Crippen molar-refractivity contribution in [3.8, 4) is 11.5 Å². The van der Waals surface area contributed by atoms with Crippen molar-refractivity contribution in [1.82, 2.24) is 5.32 Å². The lowest BCUT2D eigenvalue weighted by atomic mass is 10.0. The molecule has 1 aromatic carbocycles. The molecule has 0 aliphatic rings. The summed E-state index contributed by atoms with van der Waals surface area (Å²) in [6.45, 7) is 3.42. The molecule has 0 atom stereocenters. The van der Waals surface area contributed by atoms with Gasteiger partial charge in [-0.05, 0) is 18.6 Å². The van der Waals surface area contributed by atoms with Gasteiger partial charge in [-0.15, -0.1) is 0 Å². The van der Waals surface area contributed by atoms with Gasteiger partial charge in [-0.3, -0.25) is 4.79 Å². The molecule has 0 aliphatic carbocycles. The Labute approximate surface area is 219 Å². The van der Waals surface area contributed by atoms with E-state index >= 15 is 0 Å². The van der Waals surface area contributed by atoms with Crippen LogP contribution in [0.25, 0.3) is 0 Å². The van der Waals surface area contributed by atoms with E-state index in [0.29, 0.717) is 24.5 Å². The maximum atomic E-state index is 12.7. The van der Waals surface area contributed by atoms with Gasteiger partial charge in [-0.2, -0.15) is 0 Å². The van der Waals surface area contributed by atoms with E-state index in [1.807, 2.05) is 42.1 Å². The van der Waals surface area contributed by atoms with Crippen LogP contribution in [-0.2, 0) is 13.6 Å². The Kier molecular flexibility index (Phi) is 15.4. The van der Waals surface area contributed by atoms with E-state index in [-0.39, 0.29) is 5.91 Å². The smallest absolute Gasteiger partial charge is 0.255 e. The van der Waals surface area contributed by atoms with Crippen molar-refractivity contribution < 1.29 is 18.8 Å². The monoisotopic (exact) mass is 497 g/mol. The number of benzene rings is 1. The van der Waals surface area contributed by atoms with E-state index in [1.165, 1.54) is 83.5 Å². The number of hydrogen-bond donors (Lipinski definition) is 1. The predicted octanol–water partition coefficient (Wildman–Crippen LogP) is 7.31. The van der Waals surface area contributed by atoms with Crippen LogP contribution in [0.3, 0.4) is 0 Å². The Hall–Kier alpha value is -2.56. The third-order valence-corrected chi connectivity index (χ3v) is 6.78. The molecular formula is C31H49N2O3+. The zero-order valence-corrected chi connectivity index (χ0v) is 23.0. The number of carbonyl (C=O) groups excluding carboxylic acids is 1. The van der Waals surface area contributed by atoms with Crippen molar-refractivity contribution >= 4 is 5.91 Å². The fraction of sp³-hybridized carbons (Fsp3) is 0.613. The Morgan fingerprint density at radius 1 is 0.833 bits per heavy atom. The molecule has 0 radical (unpaired) electrons. The lowest BCUT2D eigenvalue weighted by molar-refractivity contribution is -0.679. The van der Waals surface area contributed by atoms with Gasteiger partial charge < -0.3 is 14.8 Å². The quantitative estimate of drug-likeness (QED) is 0.154. The van der Waals surface area contributed by atoms with Crippen LogP contribution in [-0.4, -0.2) is 19.6 Å². The third-order valence-electron chi connectivity index (χ3n) is 6.78. The molecule has 0 saturated heterocycles. The van der Waals surface area contributed by atoms with Crippen LogP contribution in [0.5, 0.6) is 11.5 Å². The summed E-state index contributed by atoms with van der Waals surface area (Å²) in [6, 6.07) is 11.4. The van der Waals surface area contributed by atoms with Gasteiger partial charge in [0.15, 0.2) is 11.9 Å². The summed E-state index contributed by atoms with van der Waals surface area (Å²) in [7, 11) is 3.55. The summed E-state index contributed by atoms with van der Waals surface area (Å²) in [5.74, 6) is 1.12. The highest BCUT2D eigenvalue weighted by Gasteiger charge is 2.15. The van der Waals surface area contributed by atoms with Gasteiger partial charge in [0.1, 0.15) is 25.1 Å². The van der Waals surface area contributed by atoms with Crippen LogP contribution in [0.1, 0.15) is 113 Å².